The molecule has 6 rings (SSSR count). The number of carbonyl (C=O) groups excluding carboxylic acids is 2. The topological polar surface area (TPSA) is 107 Å². The average molecular weight is 720 g/mol. The van der Waals surface area contributed by atoms with Gasteiger partial charge >= 0.3 is 0 Å². The van der Waals surface area contributed by atoms with Crippen molar-refractivity contribution in [3.05, 3.63) is 86.1 Å². The van der Waals surface area contributed by atoms with Gasteiger partial charge in [0, 0.05) is 44.8 Å². The maximum Gasteiger partial charge on any atom is 0.251 e. The molecule has 4 aromatic rings. The van der Waals surface area contributed by atoms with E-state index in [-0.39, 0.29) is 23.9 Å². The molecule has 2 unspecified atom stereocenters. The summed E-state index contributed by atoms with van der Waals surface area (Å²) in [5.74, 6) is -2.49. The Morgan fingerprint density at radius 2 is 1.89 bits per heavy atom. The number of nitrogens with zero attached hydrogens (tertiary/aromatic N) is 2. The van der Waals surface area contributed by atoms with Crippen LogP contribution in [0.15, 0.2) is 47.1 Å². The number of methoxy groups -OCH3 is 1. The highest BCUT2D eigenvalue weighted by molar-refractivity contribution is 9.10. The van der Waals surface area contributed by atoms with Gasteiger partial charge in [-0.2, -0.15) is 0 Å². The van der Waals surface area contributed by atoms with Gasteiger partial charge in [0.15, 0.2) is 5.82 Å². The molecular formula is C34H35BrClF3N4O3. The van der Waals surface area contributed by atoms with Gasteiger partial charge in [-0.1, -0.05) is 39.3 Å². The van der Waals surface area contributed by atoms with Crippen molar-refractivity contribution in [1.82, 2.24) is 15.3 Å². The van der Waals surface area contributed by atoms with Gasteiger partial charge in [-0.3, -0.25) is 19.6 Å². The molecule has 2 atom stereocenters. The number of pyridine rings is 2. The molecule has 7 nitrogen and oxygen atoms in total. The van der Waals surface area contributed by atoms with Crippen LogP contribution in [0.1, 0.15) is 80.1 Å². The summed E-state index contributed by atoms with van der Waals surface area (Å²) in [5, 5.41) is 2.98. The van der Waals surface area contributed by atoms with Crippen molar-refractivity contribution < 1.29 is 27.5 Å². The van der Waals surface area contributed by atoms with E-state index in [0.717, 1.165) is 28.1 Å². The molecule has 12 heteroatoms. The lowest BCUT2D eigenvalue weighted by Crippen LogP contribution is -2.33. The van der Waals surface area contributed by atoms with Crippen LogP contribution in [-0.4, -0.2) is 41.6 Å². The van der Waals surface area contributed by atoms with Crippen molar-refractivity contribution >= 4 is 50.8 Å². The lowest BCUT2D eigenvalue weighted by molar-refractivity contribution is -0.106. The van der Waals surface area contributed by atoms with Crippen LogP contribution < -0.4 is 15.8 Å². The SMILES string of the molecule is CC.CCC1(C)c2cc(C(CNC(=O)c3cc(OC)c4ncc(Br)cc4c3)C3(F)CC3)nc(-c3ccc(F)c(Cl)c3F)c21.NC=O. The van der Waals surface area contributed by atoms with E-state index in [0.29, 0.717) is 46.4 Å². The predicted octanol–water partition coefficient (Wildman–Crippen LogP) is 8.17. The third-order valence-electron chi connectivity index (χ3n) is 8.49. The normalized spacial score (nSPS) is 17.3. The average Bonchev–Trinajstić information content (AvgIpc) is 3.95. The number of hydrogen-bond donors (Lipinski definition) is 2. The number of rotatable bonds is 8. The van der Waals surface area contributed by atoms with Crippen LogP contribution in [0.5, 0.6) is 5.75 Å². The lowest BCUT2D eigenvalue weighted by Gasteiger charge is -2.21. The number of aromatic nitrogens is 2. The van der Waals surface area contributed by atoms with Gasteiger partial charge < -0.3 is 15.8 Å². The number of primary amides is 1. The summed E-state index contributed by atoms with van der Waals surface area (Å²) >= 11 is 9.30. The Kier molecular flexibility index (Phi) is 10.7. The van der Waals surface area contributed by atoms with Crippen molar-refractivity contribution in [1.29, 1.82) is 0 Å². The van der Waals surface area contributed by atoms with Gasteiger partial charge in [0.25, 0.3) is 5.91 Å². The van der Waals surface area contributed by atoms with Crippen molar-refractivity contribution in [3.63, 3.8) is 0 Å². The second-order valence-electron chi connectivity index (χ2n) is 11.1. The van der Waals surface area contributed by atoms with E-state index in [4.69, 9.17) is 26.1 Å². The third-order valence-corrected chi connectivity index (χ3v) is 9.27. The first-order valence-electron chi connectivity index (χ1n) is 14.9. The van der Waals surface area contributed by atoms with E-state index in [9.17, 15) is 9.18 Å². The van der Waals surface area contributed by atoms with Crippen LogP contribution in [-0.2, 0) is 10.2 Å². The van der Waals surface area contributed by atoms with Crippen molar-refractivity contribution in [2.24, 2.45) is 5.73 Å². The van der Waals surface area contributed by atoms with Gasteiger partial charge in [0.2, 0.25) is 6.41 Å². The summed E-state index contributed by atoms with van der Waals surface area (Å²) in [5.41, 5.74) is 5.81. The number of alkyl halides is 1. The summed E-state index contributed by atoms with van der Waals surface area (Å²) in [6, 6.07) is 9.42. The Morgan fingerprint density at radius 3 is 2.50 bits per heavy atom. The minimum absolute atomic E-state index is 0.0207. The molecule has 2 aromatic carbocycles. The van der Waals surface area contributed by atoms with Gasteiger partial charge in [-0.15, -0.1) is 0 Å². The molecule has 0 saturated heterocycles. The molecule has 0 spiro atoms. The summed E-state index contributed by atoms with van der Waals surface area (Å²) < 4.78 is 51.2. The molecule has 3 N–H and O–H groups in total. The van der Waals surface area contributed by atoms with Gasteiger partial charge in [0.1, 0.15) is 27.8 Å². The number of fused-ring (bicyclic) bond motifs is 2. The number of nitrogens with one attached hydrogen (secondary N) is 1. The monoisotopic (exact) mass is 718 g/mol. The highest BCUT2D eigenvalue weighted by Gasteiger charge is 2.54. The fraction of sp³-hybridized carbons (Fsp3) is 0.353. The fourth-order valence-corrected chi connectivity index (χ4v) is 6.18. The molecule has 2 aliphatic carbocycles. The largest absolute Gasteiger partial charge is 0.494 e. The fourth-order valence-electron chi connectivity index (χ4n) is 5.67. The number of hydrogen-bond acceptors (Lipinski definition) is 5. The summed E-state index contributed by atoms with van der Waals surface area (Å²) in [4.78, 5) is 31.0. The minimum atomic E-state index is -1.56. The van der Waals surface area contributed by atoms with Crippen LogP contribution in [0, 0.1) is 11.6 Å². The molecule has 2 heterocycles. The molecule has 2 aliphatic rings. The van der Waals surface area contributed by atoms with Crippen LogP contribution in [0.4, 0.5) is 13.2 Å². The first-order chi connectivity index (χ1) is 21.9. The Morgan fingerprint density at radius 1 is 1.22 bits per heavy atom. The highest BCUT2D eigenvalue weighted by Crippen LogP contribution is 2.58. The second-order valence-corrected chi connectivity index (χ2v) is 12.4. The quantitative estimate of drug-likeness (QED) is 0.141. The smallest absolute Gasteiger partial charge is 0.251 e. The van der Waals surface area contributed by atoms with Crippen LogP contribution in [0.25, 0.3) is 22.2 Å². The molecule has 2 aromatic heterocycles. The first-order valence-corrected chi connectivity index (χ1v) is 16.0. The van der Waals surface area contributed by atoms with Crippen LogP contribution in [0.3, 0.4) is 0 Å². The summed E-state index contributed by atoms with van der Waals surface area (Å²) in [6.45, 7) is 8.01. The zero-order chi connectivity index (χ0) is 34.0. The van der Waals surface area contributed by atoms with Gasteiger partial charge in [-0.25, -0.2) is 13.2 Å². The predicted molar refractivity (Wildman–Crippen MR) is 177 cm³/mol. The second kappa shape index (κ2) is 14.0. The maximum absolute atomic E-state index is 15.9. The minimum Gasteiger partial charge on any atom is -0.494 e. The van der Waals surface area contributed by atoms with E-state index in [1.807, 2.05) is 39.8 Å². The van der Waals surface area contributed by atoms with Crippen LogP contribution >= 0.6 is 27.5 Å². The van der Waals surface area contributed by atoms with Crippen molar-refractivity contribution in [2.75, 3.05) is 13.7 Å². The van der Waals surface area contributed by atoms with Gasteiger partial charge in [-0.05, 0) is 82.7 Å². The summed E-state index contributed by atoms with van der Waals surface area (Å²) in [7, 11) is 1.50. The Balaban J connectivity index is 0.000000908. The summed E-state index contributed by atoms with van der Waals surface area (Å²) in [6.07, 6.45) is 3.28. The zero-order valence-electron chi connectivity index (χ0n) is 26.1. The zero-order valence-corrected chi connectivity index (χ0v) is 28.5. The van der Waals surface area contributed by atoms with E-state index in [1.54, 1.807) is 18.3 Å². The van der Waals surface area contributed by atoms with Crippen molar-refractivity contribution in [2.45, 2.75) is 64.0 Å². The molecule has 244 valence electrons. The van der Waals surface area contributed by atoms with Crippen LogP contribution in [0.2, 0.25) is 5.02 Å². The standard InChI is InChI=1S/C31H26BrClF3N3O2.C2H6.CH3NO/c1-4-30(2)19-12-22(39-28(24(19)30)18-5-6-21(34)25(33)26(18)35)20(31(36)7-8-31)14-38-29(40)16-9-15-10-17(32)13-37-27(15)23(11-16)41-3;1-2;2-1-3/h5-6,9-13,20H,4,7-8,14H2,1-3H3,(H,38,40);1-2H3;1H,(H2,2,3). The number of amides is 2. The number of benzene rings is 2. The molecule has 0 bridgehead atoms. The Bertz CT molecular complexity index is 1800. The van der Waals surface area contributed by atoms with E-state index in [1.165, 1.54) is 13.2 Å². The van der Waals surface area contributed by atoms with E-state index < -0.39 is 34.2 Å². The molecule has 0 radical (unpaired) electrons. The lowest BCUT2D eigenvalue weighted by atomic mass is 9.95. The van der Waals surface area contributed by atoms with E-state index in [2.05, 4.69) is 32.0 Å². The number of halogens is 5. The Hall–Kier alpha value is -3.70. The molecule has 1 fully saturated rings. The Labute approximate surface area is 279 Å². The third kappa shape index (κ3) is 6.57. The van der Waals surface area contributed by atoms with Crippen molar-refractivity contribution in [3.8, 4) is 17.0 Å². The number of ether oxygens (including phenoxy) is 1. The van der Waals surface area contributed by atoms with Gasteiger partial charge in [0.05, 0.1) is 18.7 Å². The molecule has 0 aliphatic heterocycles. The number of nitrogens with two attached hydrogens (primary N) is 1. The molecule has 1 saturated carbocycles. The molecule has 46 heavy (non-hydrogen) atoms. The molecular weight excluding hydrogens is 685 g/mol. The molecule has 2 amide bonds. The first kappa shape index (κ1) is 35.2. The highest BCUT2D eigenvalue weighted by atomic mass is 79.9. The number of carbonyl (C=O) groups is 2. The van der Waals surface area contributed by atoms with E-state index >= 15 is 8.78 Å². The maximum atomic E-state index is 15.9.